The van der Waals surface area contributed by atoms with Crippen LogP contribution in [-0.2, 0) is 4.79 Å². The van der Waals surface area contributed by atoms with Gasteiger partial charge < -0.3 is 15.7 Å². The second kappa shape index (κ2) is 7.63. The molecular formula is C13H17ClN2O3. The summed E-state index contributed by atoms with van der Waals surface area (Å²) in [5.41, 5.74) is 0.707. The van der Waals surface area contributed by atoms with Gasteiger partial charge in [0.05, 0.1) is 12.5 Å². The number of carboxylic acid groups (broad SMARTS) is 1. The molecule has 0 spiro atoms. The van der Waals surface area contributed by atoms with Crippen molar-refractivity contribution < 1.29 is 14.7 Å². The van der Waals surface area contributed by atoms with E-state index in [2.05, 4.69) is 10.6 Å². The van der Waals surface area contributed by atoms with Gasteiger partial charge in [-0.3, -0.25) is 4.79 Å². The molecule has 0 aliphatic heterocycles. The minimum Gasteiger partial charge on any atom is -0.481 e. The summed E-state index contributed by atoms with van der Waals surface area (Å²) in [5.74, 6) is -0.976. The van der Waals surface area contributed by atoms with Crippen molar-refractivity contribution in [2.45, 2.75) is 25.8 Å². The van der Waals surface area contributed by atoms with Crippen molar-refractivity contribution in [3.63, 3.8) is 0 Å². The molecule has 0 radical (unpaired) electrons. The highest BCUT2D eigenvalue weighted by Gasteiger charge is 2.17. The molecule has 0 fully saturated rings. The number of amides is 2. The molecule has 1 unspecified atom stereocenters. The van der Waals surface area contributed by atoms with Crippen LogP contribution in [0.3, 0.4) is 0 Å². The zero-order valence-corrected chi connectivity index (χ0v) is 11.4. The molecule has 2 amide bonds. The van der Waals surface area contributed by atoms with Gasteiger partial charge in [-0.2, -0.15) is 0 Å². The lowest BCUT2D eigenvalue weighted by atomic mass is 10.0. The molecule has 1 atom stereocenters. The number of hydrogen-bond acceptors (Lipinski definition) is 2. The summed E-state index contributed by atoms with van der Waals surface area (Å²) in [6, 6.07) is 5.79. The third-order valence-electron chi connectivity index (χ3n) is 2.49. The Balaban J connectivity index is 2.74. The van der Waals surface area contributed by atoms with Crippen LogP contribution in [0.25, 0.3) is 0 Å². The average molecular weight is 285 g/mol. The van der Waals surface area contributed by atoms with Gasteiger partial charge in [-0.15, -0.1) is 0 Å². The topological polar surface area (TPSA) is 78.4 Å². The van der Waals surface area contributed by atoms with Crippen molar-refractivity contribution in [3.8, 4) is 0 Å². The Morgan fingerprint density at radius 2 is 1.95 bits per heavy atom. The van der Waals surface area contributed by atoms with Crippen LogP contribution in [0.15, 0.2) is 24.3 Å². The number of halogens is 1. The quantitative estimate of drug-likeness (QED) is 0.751. The van der Waals surface area contributed by atoms with Crippen LogP contribution in [0.5, 0.6) is 0 Å². The van der Waals surface area contributed by atoms with Crippen LogP contribution in [0.2, 0.25) is 5.02 Å². The predicted molar refractivity (Wildman–Crippen MR) is 73.3 cm³/mol. The molecule has 0 aromatic heterocycles. The second-order valence-electron chi connectivity index (χ2n) is 4.10. The Hall–Kier alpha value is -1.75. The number of carboxylic acids is 1. The maximum Gasteiger partial charge on any atom is 0.315 e. The van der Waals surface area contributed by atoms with Gasteiger partial charge in [0.15, 0.2) is 0 Å². The fourth-order valence-corrected chi connectivity index (χ4v) is 1.70. The third-order valence-corrected chi connectivity index (χ3v) is 2.74. The van der Waals surface area contributed by atoms with E-state index >= 15 is 0 Å². The lowest BCUT2D eigenvalue weighted by Crippen LogP contribution is -2.39. The second-order valence-corrected chi connectivity index (χ2v) is 4.54. The van der Waals surface area contributed by atoms with Crippen LogP contribution in [0.4, 0.5) is 4.79 Å². The van der Waals surface area contributed by atoms with E-state index in [0.717, 1.165) is 6.42 Å². The molecule has 1 aromatic rings. The molecule has 1 aromatic carbocycles. The highest BCUT2D eigenvalue weighted by atomic mass is 35.5. The molecule has 1 rings (SSSR count). The Labute approximate surface area is 117 Å². The molecular weight excluding hydrogens is 268 g/mol. The molecule has 19 heavy (non-hydrogen) atoms. The first-order valence-electron chi connectivity index (χ1n) is 6.04. The molecule has 0 heterocycles. The standard InChI is InChI=1S/C13H17ClN2O3/c1-2-7-15-13(19)16-11(8-12(17)18)9-3-5-10(14)6-4-9/h3-6,11H,2,7-8H2,1H3,(H,17,18)(H2,15,16,19). The van der Waals surface area contributed by atoms with Gasteiger partial charge in [-0.25, -0.2) is 4.79 Å². The molecule has 0 aliphatic rings. The van der Waals surface area contributed by atoms with Crippen molar-refractivity contribution in [1.82, 2.24) is 10.6 Å². The van der Waals surface area contributed by atoms with Crippen LogP contribution in [0.1, 0.15) is 31.4 Å². The van der Waals surface area contributed by atoms with Gasteiger partial charge in [-0.1, -0.05) is 30.7 Å². The van der Waals surface area contributed by atoms with Gasteiger partial charge in [0.1, 0.15) is 0 Å². The number of carbonyl (C=O) groups is 2. The number of aliphatic carboxylic acids is 1. The minimum absolute atomic E-state index is 0.179. The highest BCUT2D eigenvalue weighted by molar-refractivity contribution is 6.30. The highest BCUT2D eigenvalue weighted by Crippen LogP contribution is 2.19. The van der Waals surface area contributed by atoms with Crippen molar-refractivity contribution in [2.75, 3.05) is 6.54 Å². The molecule has 0 saturated heterocycles. The normalized spacial score (nSPS) is 11.7. The maximum atomic E-state index is 11.6. The van der Waals surface area contributed by atoms with Gasteiger partial charge in [0.25, 0.3) is 0 Å². The SMILES string of the molecule is CCCNC(=O)NC(CC(=O)O)c1ccc(Cl)cc1. The minimum atomic E-state index is -0.976. The number of carbonyl (C=O) groups excluding carboxylic acids is 1. The summed E-state index contributed by atoms with van der Waals surface area (Å²) in [4.78, 5) is 22.4. The summed E-state index contributed by atoms with van der Waals surface area (Å²) < 4.78 is 0. The molecule has 6 heteroatoms. The van der Waals surface area contributed by atoms with E-state index in [4.69, 9.17) is 16.7 Å². The number of hydrogen-bond donors (Lipinski definition) is 3. The first-order chi connectivity index (χ1) is 9.02. The number of benzene rings is 1. The summed E-state index contributed by atoms with van der Waals surface area (Å²) in [6.07, 6.45) is 0.638. The summed E-state index contributed by atoms with van der Waals surface area (Å²) >= 11 is 5.78. The van der Waals surface area contributed by atoms with E-state index in [9.17, 15) is 9.59 Å². The van der Waals surface area contributed by atoms with Crippen LogP contribution < -0.4 is 10.6 Å². The predicted octanol–water partition coefficient (Wildman–Crippen LogP) is 2.57. The van der Waals surface area contributed by atoms with E-state index in [1.165, 1.54) is 0 Å². The Kier molecular flexibility index (Phi) is 6.15. The molecule has 0 saturated carbocycles. The Bertz CT molecular complexity index is 434. The first-order valence-corrected chi connectivity index (χ1v) is 6.42. The molecule has 5 nitrogen and oxygen atoms in total. The van der Waals surface area contributed by atoms with Gasteiger partial charge in [0.2, 0.25) is 0 Å². The summed E-state index contributed by atoms with van der Waals surface area (Å²) in [6.45, 7) is 2.49. The average Bonchev–Trinajstić information content (AvgIpc) is 2.36. The van der Waals surface area contributed by atoms with Crippen molar-refractivity contribution in [2.24, 2.45) is 0 Å². The Morgan fingerprint density at radius 3 is 2.47 bits per heavy atom. The number of rotatable bonds is 6. The zero-order chi connectivity index (χ0) is 14.3. The van der Waals surface area contributed by atoms with Crippen molar-refractivity contribution >= 4 is 23.6 Å². The van der Waals surface area contributed by atoms with Crippen LogP contribution in [0, 0.1) is 0 Å². The summed E-state index contributed by atoms with van der Waals surface area (Å²) in [7, 11) is 0. The fourth-order valence-electron chi connectivity index (χ4n) is 1.57. The molecule has 3 N–H and O–H groups in total. The van der Waals surface area contributed by atoms with E-state index in [-0.39, 0.29) is 12.5 Å². The molecule has 0 bridgehead atoms. The smallest absolute Gasteiger partial charge is 0.315 e. The summed E-state index contributed by atoms with van der Waals surface area (Å²) in [5, 5.41) is 14.7. The van der Waals surface area contributed by atoms with Crippen LogP contribution >= 0.6 is 11.6 Å². The monoisotopic (exact) mass is 284 g/mol. The van der Waals surface area contributed by atoms with Gasteiger partial charge in [-0.05, 0) is 24.1 Å². The van der Waals surface area contributed by atoms with Crippen LogP contribution in [-0.4, -0.2) is 23.7 Å². The number of urea groups is 1. The molecule has 0 aliphatic carbocycles. The number of nitrogens with one attached hydrogen (secondary N) is 2. The maximum absolute atomic E-state index is 11.6. The zero-order valence-electron chi connectivity index (χ0n) is 10.6. The first kappa shape index (κ1) is 15.3. The third kappa shape index (κ3) is 5.61. The van der Waals surface area contributed by atoms with E-state index in [1.54, 1.807) is 24.3 Å². The fraction of sp³-hybridized carbons (Fsp3) is 0.385. The van der Waals surface area contributed by atoms with E-state index < -0.39 is 12.0 Å². The lowest BCUT2D eigenvalue weighted by Gasteiger charge is -2.18. The van der Waals surface area contributed by atoms with E-state index in [1.807, 2.05) is 6.92 Å². The Morgan fingerprint density at radius 1 is 1.32 bits per heavy atom. The lowest BCUT2D eigenvalue weighted by molar-refractivity contribution is -0.137. The largest absolute Gasteiger partial charge is 0.481 e. The van der Waals surface area contributed by atoms with E-state index in [0.29, 0.717) is 17.1 Å². The van der Waals surface area contributed by atoms with Crippen molar-refractivity contribution in [3.05, 3.63) is 34.9 Å². The van der Waals surface area contributed by atoms with Gasteiger partial charge >= 0.3 is 12.0 Å². The molecule has 104 valence electrons. The van der Waals surface area contributed by atoms with Crippen molar-refractivity contribution in [1.29, 1.82) is 0 Å². The van der Waals surface area contributed by atoms with Gasteiger partial charge in [0, 0.05) is 11.6 Å².